The predicted octanol–water partition coefficient (Wildman–Crippen LogP) is 13.7. The van der Waals surface area contributed by atoms with Gasteiger partial charge in [0.1, 0.15) is 6.10 Å². The van der Waals surface area contributed by atoms with Crippen LogP contribution in [-0.2, 0) is 27.9 Å². The van der Waals surface area contributed by atoms with Crippen molar-refractivity contribution in [3.63, 3.8) is 0 Å². The molecule has 0 heterocycles. The second-order valence-corrected chi connectivity index (χ2v) is 15.2. The maximum absolute atomic E-state index is 12.6. The van der Waals surface area contributed by atoms with Crippen LogP contribution in [0.2, 0.25) is 0 Å². The van der Waals surface area contributed by atoms with Crippen molar-refractivity contribution in [3.05, 3.63) is 146 Å². The zero-order valence-corrected chi connectivity index (χ0v) is 38.0. The average molecular weight is 850 g/mol. The summed E-state index contributed by atoms with van der Waals surface area (Å²) in [5.41, 5.74) is 5.36. The Bertz CT molecular complexity index is 1410. The van der Waals surface area contributed by atoms with Crippen LogP contribution in [0.4, 0.5) is 0 Å². The summed E-state index contributed by atoms with van der Waals surface area (Å²) in [5, 5.41) is 0. The zero-order valence-electron chi connectivity index (χ0n) is 37.1. The van der Waals surface area contributed by atoms with Gasteiger partial charge in [-0.3, -0.25) is 13.8 Å². The van der Waals surface area contributed by atoms with E-state index in [2.05, 4.69) is 148 Å². The number of hydrogen-bond acceptors (Lipinski definition) is 7. The van der Waals surface area contributed by atoms with Crippen LogP contribution in [0.15, 0.2) is 146 Å². The monoisotopic (exact) mass is 850 g/mol. The first-order chi connectivity index (χ1) is 29.4. The van der Waals surface area contributed by atoms with E-state index in [1.807, 2.05) is 12.2 Å². The molecule has 336 valence electrons. The smallest absolute Gasteiger partial charge is 0.457 e. The number of esters is 1. The lowest BCUT2D eigenvalue weighted by Crippen LogP contribution is -2.28. The lowest BCUT2D eigenvalue weighted by atomic mass is 10.2. The first-order valence-corrected chi connectivity index (χ1v) is 23.8. The number of carbonyl (C=O) groups excluding carboxylic acids is 1. The van der Waals surface area contributed by atoms with E-state index in [9.17, 15) is 14.3 Å². The third-order valence-electron chi connectivity index (χ3n) is 8.27. The summed E-state index contributed by atoms with van der Waals surface area (Å²) >= 11 is 0. The molecule has 9 heteroatoms. The lowest BCUT2D eigenvalue weighted by molar-refractivity contribution is -0.154. The number of rotatable bonds is 40. The van der Waals surface area contributed by atoms with Gasteiger partial charge in [-0.15, -0.1) is 0 Å². The highest BCUT2D eigenvalue weighted by atomic mass is 31.2. The van der Waals surface area contributed by atoms with Crippen molar-refractivity contribution in [3.8, 4) is 0 Å². The summed E-state index contributed by atoms with van der Waals surface area (Å²) in [7, 11) is -4.32. The van der Waals surface area contributed by atoms with E-state index >= 15 is 0 Å². The molecule has 60 heavy (non-hydrogen) atoms. The van der Waals surface area contributed by atoms with Crippen molar-refractivity contribution >= 4 is 13.8 Å². The zero-order chi connectivity index (χ0) is 43.7. The molecule has 0 saturated carbocycles. The van der Waals surface area contributed by atoms with Crippen LogP contribution in [0.1, 0.15) is 129 Å². The van der Waals surface area contributed by atoms with Crippen LogP contribution in [0.3, 0.4) is 0 Å². The van der Waals surface area contributed by atoms with Gasteiger partial charge < -0.3 is 20.1 Å². The Labute approximate surface area is 365 Å². The second kappa shape index (κ2) is 46.4. The van der Waals surface area contributed by atoms with Gasteiger partial charge in [-0.25, -0.2) is 4.57 Å². The van der Waals surface area contributed by atoms with Crippen LogP contribution in [0.5, 0.6) is 0 Å². The van der Waals surface area contributed by atoms with Crippen molar-refractivity contribution in [2.75, 3.05) is 33.0 Å². The van der Waals surface area contributed by atoms with Gasteiger partial charge in [0.05, 0.1) is 19.8 Å². The fourth-order valence-electron chi connectivity index (χ4n) is 5.08. The molecule has 0 aliphatic rings. The molecule has 2 atom stereocenters. The van der Waals surface area contributed by atoms with Gasteiger partial charge in [-0.1, -0.05) is 166 Å². The van der Waals surface area contributed by atoms with Gasteiger partial charge >= 0.3 is 13.8 Å². The minimum atomic E-state index is -4.32. The van der Waals surface area contributed by atoms with Gasteiger partial charge in [0, 0.05) is 19.6 Å². The fourth-order valence-corrected chi connectivity index (χ4v) is 5.85. The highest BCUT2D eigenvalue weighted by Crippen LogP contribution is 2.43. The SMILES string of the molecule is CC/C=C\C/C=C\C/C=C\C/C=C\C/C=C\C/C=C\CCCCCOCC(COP(=O)(O)OCCN)OC(=O)CC/C=C\C/C=C\C/C=C\C/C=C\C/C=C\C/C=C\CC. The number of carbonyl (C=O) groups is 1. The fraction of sp³-hybridized carbons (Fsp3) is 0.510. The molecule has 0 aromatic rings. The van der Waals surface area contributed by atoms with Gasteiger partial charge in [0.25, 0.3) is 0 Å². The second-order valence-electron chi connectivity index (χ2n) is 13.8. The highest BCUT2D eigenvalue weighted by molar-refractivity contribution is 7.47. The van der Waals surface area contributed by atoms with Crippen molar-refractivity contribution in [2.45, 2.75) is 136 Å². The summed E-state index contributed by atoms with van der Waals surface area (Å²) in [5.74, 6) is -0.432. The van der Waals surface area contributed by atoms with Gasteiger partial charge in [0.15, 0.2) is 0 Å². The molecular formula is C51H80NO7P. The first-order valence-electron chi connectivity index (χ1n) is 22.3. The third-order valence-corrected chi connectivity index (χ3v) is 9.25. The van der Waals surface area contributed by atoms with Crippen LogP contribution in [-0.4, -0.2) is 49.9 Å². The number of ether oxygens (including phenoxy) is 2. The average Bonchev–Trinajstić information content (AvgIpc) is 3.24. The van der Waals surface area contributed by atoms with Crippen LogP contribution < -0.4 is 5.73 Å². The summed E-state index contributed by atoms with van der Waals surface area (Å²) in [6.45, 7) is 4.45. The molecule has 0 aliphatic heterocycles. The molecule has 0 aromatic heterocycles. The maximum atomic E-state index is 12.6. The summed E-state index contributed by atoms with van der Waals surface area (Å²) < 4.78 is 33.3. The van der Waals surface area contributed by atoms with Crippen LogP contribution >= 0.6 is 7.82 Å². The Kier molecular flexibility index (Phi) is 43.6. The molecule has 0 aromatic carbocycles. The van der Waals surface area contributed by atoms with Gasteiger partial charge in [-0.2, -0.15) is 0 Å². The number of unbranched alkanes of at least 4 members (excludes halogenated alkanes) is 3. The van der Waals surface area contributed by atoms with Gasteiger partial charge in [0.2, 0.25) is 0 Å². The molecule has 0 amide bonds. The molecule has 0 bridgehead atoms. The minimum Gasteiger partial charge on any atom is -0.457 e. The minimum absolute atomic E-state index is 0.0513. The molecule has 0 saturated heterocycles. The van der Waals surface area contributed by atoms with Crippen molar-refractivity contribution in [1.29, 1.82) is 0 Å². The molecule has 0 fully saturated rings. The normalized spacial score (nSPS) is 14.8. The van der Waals surface area contributed by atoms with Crippen molar-refractivity contribution in [1.82, 2.24) is 0 Å². The quantitative estimate of drug-likeness (QED) is 0.0271. The van der Waals surface area contributed by atoms with E-state index in [0.29, 0.717) is 13.0 Å². The molecular weight excluding hydrogens is 770 g/mol. The van der Waals surface area contributed by atoms with Crippen molar-refractivity contribution < 1.29 is 32.8 Å². The lowest BCUT2D eigenvalue weighted by Gasteiger charge is -2.19. The summed E-state index contributed by atoms with van der Waals surface area (Å²) in [4.78, 5) is 22.5. The van der Waals surface area contributed by atoms with Crippen LogP contribution in [0.25, 0.3) is 0 Å². The first kappa shape index (κ1) is 56.4. The number of allylic oxidation sites excluding steroid dienone is 24. The van der Waals surface area contributed by atoms with E-state index in [0.717, 1.165) is 103 Å². The number of phosphoric acid groups is 1. The maximum Gasteiger partial charge on any atom is 0.472 e. The molecule has 2 unspecified atom stereocenters. The standard InChI is InChI=1S/C51H80NO7P/c1-3-5-7-9-11-13-15-17-19-21-23-24-25-27-29-31-33-35-37-39-41-43-46-56-48-50(49-58-60(54,55)57-47-45-52)59-51(53)44-42-40-38-36-34-32-30-28-26-22-20-18-16-14-12-10-8-6-4-2/h5-8,11-14,17-20,23-24,26-29,32-35,38,40,50H,3-4,9-10,15-16,21-22,25,30-31,36-37,39,41-49,52H2,1-2H3,(H,54,55)/b7-5-,8-6-,13-11-,14-12-,19-17-,20-18-,24-23-,28-26-,29-27-,34-32-,35-33-,40-38-. The Morgan fingerprint density at radius 3 is 1.28 bits per heavy atom. The summed E-state index contributed by atoms with van der Waals surface area (Å²) in [6, 6.07) is 0. The number of phosphoric ester groups is 1. The Hall–Kier alpha value is -3.62. The topological polar surface area (TPSA) is 117 Å². The molecule has 3 N–H and O–H groups in total. The van der Waals surface area contributed by atoms with E-state index in [1.54, 1.807) is 0 Å². The molecule has 0 spiro atoms. The Morgan fingerprint density at radius 2 is 0.883 bits per heavy atom. The van der Waals surface area contributed by atoms with Crippen LogP contribution in [0, 0.1) is 0 Å². The molecule has 0 radical (unpaired) electrons. The van der Waals surface area contributed by atoms with Gasteiger partial charge in [-0.05, 0) is 103 Å². The molecule has 0 rings (SSSR count). The molecule has 0 aliphatic carbocycles. The largest absolute Gasteiger partial charge is 0.472 e. The van der Waals surface area contributed by atoms with E-state index in [-0.39, 0.29) is 32.8 Å². The summed E-state index contributed by atoms with van der Waals surface area (Å²) in [6.07, 6.45) is 67.4. The van der Waals surface area contributed by atoms with E-state index in [1.165, 1.54) is 0 Å². The number of hydrogen-bond donors (Lipinski definition) is 2. The predicted molar refractivity (Wildman–Crippen MR) is 256 cm³/mol. The third kappa shape index (κ3) is 45.5. The number of nitrogens with two attached hydrogens (primary N) is 1. The van der Waals surface area contributed by atoms with E-state index in [4.69, 9.17) is 24.3 Å². The highest BCUT2D eigenvalue weighted by Gasteiger charge is 2.25. The molecule has 8 nitrogen and oxygen atoms in total. The van der Waals surface area contributed by atoms with Crippen molar-refractivity contribution in [2.24, 2.45) is 5.73 Å². The Morgan fingerprint density at radius 1 is 0.500 bits per heavy atom. The Balaban J connectivity index is 4.27. The van der Waals surface area contributed by atoms with E-state index < -0.39 is 19.9 Å².